The minimum Gasteiger partial charge on any atom is -0.324 e. The first-order valence-electron chi connectivity index (χ1n) is 5.06. The van der Waals surface area contributed by atoms with Crippen LogP contribution in [0.25, 0.3) is 0 Å². The van der Waals surface area contributed by atoms with E-state index < -0.39 is 5.41 Å². The van der Waals surface area contributed by atoms with Crippen molar-refractivity contribution in [3.05, 3.63) is 28.8 Å². The van der Waals surface area contributed by atoms with Gasteiger partial charge < -0.3 is 5.32 Å². The third-order valence-corrected chi connectivity index (χ3v) is 3.07. The Labute approximate surface area is 99.0 Å². The van der Waals surface area contributed by atoms with Crippen molar-refractivity contribution in [2.45, 2.75) is 19.8 Å². The second-order valence-electron chi connectivity index (χ2n) is 4.11. The largest absolute Gasteiger partial charge is 0.324 e. The summed E-state index contributed by atoms with van der Waals surface area (Å²) in [5, 5.41) is 12.3. The topological polar surface area (TPSA) is 52.9 Å². The van der Waals surface area contributed by atoms with Crippen LogP contribution in [0.3, 0.4) is 0 Å². The summed E-state index contributed by atoms with van der Waals surface area (Å²) >= 11 is 5.82. The Kier molecular flexibility index (Phi) is 2.61. The molecule has 1 aliphatic carbocycles. The van der Waals surface area contributed by atoms with Crippen molar-refractivity contribution in [1.82, 2.24) is 0 Å². The Morgan fingerprint density at radius 3 is 2.75 bits per heavy atom. The van der Waals surface area contributed by atoms with Crippen LogP contribution in [0.1, 0.15) is 18.4 Å². The smallest absolute Gasteiger partial charge is 0.244 e. The highest BCUT2D eigenvalue weighted by molar-refractivity contribution is 6.30. The van der Waals surface area contributed by atoms with Gasteiger partial charge in [0.2, 0.25) is 5.91 Å². The predicted molar refractivity (Wildman–Crippen MR) is 62.1 cm³/mol. The quantitative estimate of drug-likeness (QED) is 0.856. The molecule has 0 bridgehead atoms. The number of rotatable bonds is 2. The van der Waals surface area contributed by atoms with Crippen molar-refractivity contribution in [1.29, 1.82) is 5.26 Å². The summed E-state index contributed by atoms with van der Waals surface area (Å²) < 4.78 is 0. The maximum absolute atomic E-state index is 11.8. The first-order valence-corrected chi connectivity index (χ1v) is 5.44. The molecular formula is C12H11ClN2O. The molecule has 0 heterocycles. The number of nitrogens with one attached hydrogen (secondary N) is 1. The highest BCUT2D eigenvalue weighted by Crippen LogP contribution is 2.45. The molecule has 1 amide bonds. The predicted octanol–water partition coefficient (Wildman–Crippen LogP) is 2.89. The van der Waals surface area contributed by atoms with Gasteiger partial charge in [0, 0.05) is 10.7 Å². The Morgan fingerprint density at radius 2 is 2.25 bits per heavy atom. The van der Waals surface area contributed by atoms with E-state index >= 15 is 0 Å². The van der Waals surface area contributed by atoms with Gasteiger partial charge in [-0.2, -0.15) is 5.26 Å². The zero-order chi connectivity index (χ0) is 11.8. The SMILES string of the molecule is Cc1cc(Cl)ccc1NC(=O)C1(C#N)CC1. The van der Waals surface area contributed by atoms with E-state index in [0.29, 0.717) is 17.9 Å². The molecule has 16 heavy (non-hydrogen) atoms. The summed E-state index contributed by atoms with van der Waals surface area (Å²) in [6.07, 6.45) is 1.31. The second-order valence-corrected chi connectivity index (χ2v) is 4.54. The number of hydrogen-bond acceptors (Lipinski definition) is 2. The van der Waals surface area contributed by atoms with E-state index in [1.165, 1.54) is 0 Å². The molecule has 0 radical (unpaired) electrons. The highest BCUT2D eigenvalue weighted by Gasteiger charge is 2.50. The number of amides is 1. The zero-order valence-corrected chi connectivity index (χ0v) is 9.64. The minimum absolute atomic E-state index is 0.208. The van der Waals surface area contributed by atoms with Gasteiger partial charge in [0.25, 0.3) is 0 Å². The van der Waals surface area contributed by atoms with E-state index in [1.54, 1.807) is 18.2 Å². The van der Waals surface area contributed by atoms with Gasteiger partial charge in [-0.15, -0.1) is 0 Å². The summed E-state index contributed by atoms with van der Waals surface area (Å²) in [4.78, 5) is 11.8. The van der Waals surface area contributed by atoms with E-state index in [0.717, 1.165) is 11.3 Å². The molecule has 1 N–H and O–H groups in total. The normalized spacial score (nSPS) is 16.3. The van der Waals surface area contributed by atoms with Gasteiger partial charge >= 0.3 is 0 Å². The number of hydrogen-bond donors (Lipinski definition) is 1. The van der Waals surface area contributed by atoms with E-state index in [-0.39, 0.29) is 5.91 Å². The van der Waals surface area contributed by atoms with Gasteiger partial charge in [0.1, 0.15) is 5.41 Å². The Bertz CT molecular complexity index is 486. The number of carbonyl (C=O) groups excluding carboxylic acids is 1. The molecule has 0 unspecified atom stereocenters. The first kappa shape index (κ1) is 11.0. The third kappa shape index (κ3) is 1.89. The molecule has 4 heteroatoms. The number of anilines is 1. The lowest BCUT2D eigenvalue weighted by molar-refractivity contribution is -0.119. The molecule has 1 saturated carbocycles. The number of benzene rings is 1. The average molecular weight is 235 g/mol. The van der Waals surface area contributed by atoms with Crippen LogP contribution in [0.2, 0.25) is 5.02 Å². The van der Waals surface area contributed by atoms with Crippen molar-refractivity contribution in [3.8, 4) is 6.07 Å². The van der Waals surface area contributed by atoms with Crippen molar-refractivity contribution >= 4 is 23.2 Å². The second kappa shape index (κ2) is 3.80. The number of nitrogens with zero attached hydrogens (tertiary/aromatic N) is 1. The molecule has 2 rings (SSSR count). The molecule has 1 aromatic carbocycles. The molecule has 0 saturated heterocycles. The lowest BCUT2D eigenvalue weighted by atomic mass is 10.1. The van der Waals surface area contributed by atoms with Gasteiger partial charge in [0.15, 0.2) is 0 Å². The van der Waals surface area contributed by atoms with Crippen molar-refractivity contribution in [2.24, 2.45) is 5.41 Å². The Hall–Kier alpha value is -1.53. The first-order chi connectivity index (χ1) is 7.57. The van der Waals surface area contributed by atoms with Gasteiger partial charge in [-0.25, -0.2) is 0 Å². The minimum atomic E-state index is -0.786. The number of nitriles is 1. The van der Waals surface area contributed by atoms with Crippen LogP contribution >= 0.6 is 11.6 Å². The molecule has 0 aromatic heterocycles. The molecule has 82 valence electrons. The van der Waals surface area contributed by atoms with Crippen molar-refractivity contribution in [3.63, 3.8) is 0 Å². The molecule has 1 aliphatic rings. The van der Waals surface area contributed by atoms with Gasteiger partial charge in [0.05, 0.1) is 6.07 Å². The zero-order valence-electron chi connectivity index (χ0n) is 8.88. The lowest BCUT2D eigenvalue weighted by Gasteiger charge is -2.10. The van der Waals surface area contributed by atoms with Crippen LogP contribution in [-0.4, -0.2) is 5.91 Å². The summed E-state index contributed by atoms with van der Waals surface area (Å²) in [7, 11) is 0. The fraction of sp³-hybridized carbons (Fsp3) is 0.333. The number of aryl methyl sites for hydroxylation is 1. The number of carbonyl (C=O) groups is 1. The monoisotopic (exact) mass is 234 g/mol. The fourth-order valence-corrected chi connectivity index (χ4v) is 1.75. The van der Waals surface area contributed by atoms with Crippen LogP contribution in [0.5, 0.6) is 0 Å². The van der Waals surface area contributed by atoms with E-state index in [1.807, 2.05) is 6.92 Å². The molecule has 1 fully saturated rings. The number of halogens is 1. The molecule has 0 aliphatic heterocycles. The average Bonchev–Trinajstić information content (AvgIpc) is 3.03. The molecule has 3 nitrogen and oxygen atoms in total. The summed E-state index contributed by atoms with van der Waals surface area (Å²) in [6, 6.07) is 7.32. The lowest BCUT2D eigenvalue weighted by Crippen LogP contribution is -2.23. The van der Waals surface area contributed by atoms with Crippen LogP contribution in [0, 0.1) is 23.7 Å². The highest BCUT2D eigenvalue weighted by atomic mass is 35.5. The molecular weight excluding hydrogens is 224 g/mol. The van der Waals surface area contributed by atoms with E-state index in [2.05, 4.69) is 11.4 Å². The molecule has 1 aromatic rings. The van der Waals surface area contributed by atoms with Crippen molar-refractivity contribution < 1.29 is 4.79 Å². The van der Waals surface area contributed by atoms with Crippen LogP contribution in [-0.2, 0) is 4.79 Å². The molecule has 0 spiro atoms. The Morgan fingerprint density at radius 1 is 1.56 bits per heavy atom. The maximum atomic E-state index is 11.8. The van der Waals surface area contributed by atoms with Crippen LogP contribution in [0.15, 0.2) is 18.2 Å². The van der Waals surface area contributed by atoms with Crippen molar-refractivity contribution in [2.75, 3.05) is 5.32 Å². The van der Waals surface area contributed by atoms with Gasteiger partial charge in [-0.3, -0.25) is 4.79 Å². The fourth-order valence-electron chi connectivity index (χ4n) is 1.52. The van der Waals surface area contributed by atoms with E-state index in [4.69, 9.17) is 16.9 Å². The summed E-state index contributed by atoms with van der Waals surface area (Å²) in [6.45, 7) is 1.87. The summed E-state index contributed by atoms with van der Waals surface area (Å²) in [5.74, 6) is -0.208. The third-order valence-electron chi connectivity index (χ3n) is 2.84. The molecule has 0 atom stereocenters. The van der Waals surface area contributed by atoms with Gasteiger partial charge in [-0.05, 0) is 43.5 Å². The van der Waals surface area contributed by atoms with Crippen LogP contribution in [0.4, 0.5) is 5.69 Å². The standard InChI is InChI=1S/C12H11ClN2O/c1-8-6-9(13)2-3-10(8)15-11(16)12(7-14)4-5-12/h2-3,6H,4-5H2,1H3,(H,15,16). The van der Waals surface area contributed by atoms with Crippen LogP contribution < -0.4 is 5.32 Å². The van der Waals surface area contributed by atoms with E-state index in [9.17, 15) is 4.79 Å². The van der Waals surface area contributed by atoms with Gasteiger partial charge in [-0.1, -0.05) is 11.6 Å². The Balaban J connectivity index is 2.16. The summed E-state index contributed by atoms with van der Waals surface area (Å²) in [5.41, 5.74) is 0.831. The maximum Gasteiger partial charge on any atom is 0.244 e.